The van der Waals surface area contributed by atoms with E-state index < -0.39 is 9.84 Å². The van der Waals surface area contributed by atoms with Crippen LogP contribution in [0.25, 0.3) is 0 Å². The zero-order valence-electron chi connectivity index (χ0n) is 15.4. The molecular formula is C15H33IN4O3S. The highest BCUT2D eigenvalue weighted by atomic mass is 127. The van der Waals surface area contributed by atoms with Gasteiger partial charge in [0.2, 0.25) is 0 Å². The second-order valence-electron chi connectivity index (χ2n) is 6.52. The number of hydrogen-bond acceptors (Lipinski definition) is 5. The Kier molecular flexibility index (Phi) is 11.4. The van der Waals surface area contributed by atoms with Crippen molar-refractivity contribution in [2.45, 2.75) is 32.9 Å². The van der Waals surface area contributed by atoms with Crippen molar-refractivity contribution in [3.8, 4) is 0 Å². The molecule has 2 N–H and O–H groups in total. The number of rotatable bonds is 8. The van der Waals surface area contributed by atoms with E-state index in [0.717, 1.165) is 19.0 Å². The summed E-state index contributed by atoms with van der Waals surface area (Å²) in [4.78, 5) is 6.70. The van der Waals surface area contributed by atoms with Crippen LogP contribution in [0.5, 0.6) is 0 Å². The fourth-order valence-corrected chi connectivity index (χ4v) is 2.96. The van der Waals surface area contributed by atoms with E-state index in [1.165, 1.54) is 6.26 Å². The van der Waals surface area contributed by atoms with Gasteiger partial charge in [0.05, 0.1) is 19.0 Å². The number of sulfone groups is 1. The van der Waals surface area contributed by atoms with E-state index >= 15 is 0 Å². The van der Waals surface area contributed by atoms with E-state index in [0.29, 0.717) is 31.2 Å². The largest absolute Gasteiger partial charge is 0.379 e. The minimum absolute atomic E-state index is 0. The van der Waals surface area contributed by atoms with Crippen molar-refractivity contribution in [3.05, 3.63) is 0 Å². The highest BCUT2D eigenvalue weighted by Crippen LogP contribution is 2.18. The van der Waals surface area contributed by atoms with Crippen LogP contribution in [-0.2, 0) is 14.6 Å². The first-order valence-electron chi connectivity index (χ1n) is 8.19. The molecule has 24 heavy (non-hydrogen) atoms. The van der Waals surface area contributed by atoms with E-state index in [-0.39, 0.29) is 36.3 Å². The minimum atomic E-state index is -2.95. The number of aliphatic imine (C=N–C) groups is 1. The predicted molar refractivity (Wildman–Crippen MR) is 110 cm³/mol. The summed E-state index contributed by atoms with van der Waals surface area (Å²) in [7, 11) is -1.20. The fourth-order valence-electron chi connectivity index (χ4n) is 2.54. The Labute approximate surface area is 163 Å². The molecule has 1 rings (SSSR count). The van der Waals surface area contributed by atoms with Crippen molar-refractivity contribution >= 4 is 39.8 Å². The third-order valence-corrected chi connectivity index (χ3v) is 4.96. The normalized spacial score (nSPS) is 22.5. The topological polar surface area (TPSA) is 83.0 Å². The maximum atomic E-state index is 11.0. The van der Waals surface area contributed by atoms with Crippen molar-refractivity contribution in [2.24, 2.45) is 10.9 Å². The summed E-state index contributed by atoms with van der Waals surface area (Å²) in [5.41, 5.74) is 0. The summed E-state index contributed by atoms with van der Waals surface area (Å²) in [5.74, 6) is 1.39. The molecule has 0 saturated carbocycles. The molecule has 0 aromatic rings. The molecule has 9 heteroatoms. The molecule has 0 spiro atoms. The Morgan fingerprint density at radius 1 is 1.33 bits per heavy atom. The van der Waals surface area contributed by atoms with Gasteiger partial charge in [0.15, 0.2) is 5.96 Å². The van der Waals surface area contributed by atoms with Crippen LogP contribution >= 0.6 is 24.0 Å². The van der Waals surface area contributed by atoms with Crippen molar-refractivity contribution in [1.29, 1.82) is 0 Å². The Morgan fingerprint density at radius 2 is 2.00 bits per heavy atom. The molecule has 144 valence electrons. The van der Waals surface area contributed by atoms with Gasteiger partial charge in [-0.25, -0.2) is 8.42 Å². The van der Waals surface area contributed by atoms with Crippen LogP contribution in [0.2, 0.25) is 0 Å². The standard InChI is InChI=1S/C15H32N4O3S.HI/c1-12(2)19-10-13(3)14(11-19)18-15(16-4)17-6-7-22-8-9-23(5,20)21;/h12-14H,6-11H2,1-5H3,(H2,16,17,18);1H. The second-order valence-corrected chi connectivity index (χ2v) is 8.78. The monoisotopic (exact) mass is 476 g/mol. The van der Waals surface area contributed by atoms with Crippen LogP contribution in [0.15, 0.2) is 4.99 Å². The fraction of sp³-hybridized carbons (Fsp3) is 0.933. The lowest BCUT2D eigenvalue weighted by molar-refractivity contribution is 0.154. The first-order valence-corrected chi connectivity index (χ1v) is 10.3. The molecule has 0 aliphatic carbocycles. The Balaban J connectivity index is 0.00000529. The third kappa shape index (κ3) is 9.38. The highest BCUT2D eigenvalue weighted by Gasteiger charge is 2.31. The van der Waals surface area contributed by atoms with Crippen molar-refractivity contribution in [1.82, 2.24) is 15.5 Å². The van der Waals surface area contributed by atoms with E-state index in [1.54, 1.807) is 7.05 Å². The molecule has 0 aromatic heterocycles. The van der Waals surface area contributed by atoms with Gasteiger partial charge in [0, 0.05) is 45.0 Å². The van der Waals surface area contributed by atoms with Crippen LogP contribution in [0.1, 0.15) is 20.8 Å². The molecule has 1 aliphatic rings. The summed E-state index contributed by atoms with van der Waals surface area (Å²) in [6.45, 7) is 10.1. The minimum Gasteiger partial charge on any atom is -0.379 e. The summed E-state index contributed by atoms with van der Waals surface area (Å²) in [6.07, 6.45) is 1.21. The van der Waals surface area contributed by atoms with Gasteiger partial charge >= 0.3 is 0 Å². The van der Waals surface area contributed by atoms with Gasteiger partial charge in [-0.1, -0.05) is 6.92 Å². The van der Waals surface area contributed by atoms with E-state index in [1.807, 2.05) is 0 Å². The molecular weight excluding hydrogens is 443 g/mol. The quantitative estimate of drug-likeness (QED) is 0.231. The number of nitrogens with zero attached hydrogens (tertiary/aromatic N) is 2. The zero-order chi connectivity index (χ0) is 17.5. The van der Waals surface area contributed by atoms with Crippen molar-refractivity contribution in [2.75, 3.05) is 51.9 Å². The van der Waals surface area contributed by atoms with Gasteiger partial charge in [-0.15, -0.1) is 24.0 Å². The molecule has 0 aromatic carbocycles. The summed E-state index contributed by atoms with van der Waals surface area (Å²) >= 11 is 0. The van der Waals surface area contributed by atoms with E-state index in [2.05, 4.69) is 41.3 Å². The molecule has 2 unspecified atom stereocenters. The Hall–Kier alpha value is -0.130. The second kappa shape index (κ2) is 11.5. The van der Waals surface area contributed by atoms with Gasteiger partial charge in [0.25, 0.3) is 0 Å². The smallest absolute Gasteiger partial charge is 0.191 e. The molecule has 1 heterocycles. The SMILES string of the molecule is CN=C(NCCOCCS(C)(=O)=O)NC1CN(C(C)C)CC1C.I. The highest BCUT2D eigenvalue weighted by molar-refractivity contribution is 14.0. The number of nitrogens with one attached hydrogen (secondary N) is 2. The lowest BCUT2D eigenvalue weighted by Crippen LogP contribution is -2.47. The van der Waals surface area contributed by atoms with Gasteiger partial charge in [-0.2, -0.15) is 0 Å². The number of hydrogen-bond donors (Lipinski definition) is 2. The lowest BCUT2D eigenvalue weighted by Gasteiger charge is -2.21. The predicted octanol–water partition coefficient (Wildman–Crippen LogP) is 0.559. The van der Waals surface area contributed by atoms with Gasteiger partial charge in [-0.3, -0.25) is 9.89 Å². The van der Waals surface area contributed by atoms with Gasteiger partial charge < -0.3 is 15.4 Å². The maximum absolute atomic E-state index is 11.0. The van der Waals surface area contributed by atoms with Crippen LogP contribution in [0.3, 0.4) is 0 Å². The average molecular weight is 476 g/mol. The van der Waals surface area contributed by atoms with Crippen LogP contribution in [0.4, 0.5) is 0 Å². The molecule has 1 aliphatic heterocycles. The molecule has 0 bridgehead atoms. The summed E-state index contributed by atoms with van der Waals surface area (Å²) < 4.78 is 27.3. The number of likely N-dealkylation sites (tertiary alicyclic amines) is 1. The maximum Gasteiger partial charge on any atom is 0.191 e. The average Bonchev–Trinajstić information content (AvgIpc) is 2.81. The molecule has 2 atom stereocenters. The van der Waals surface area contributed by atoms with Crippen LogP contribution in [0, 0.1) is 5.92 Å². The molecule has 0 radical (unpaired) electrons. The molecule has 7 nitrogen and oxygen atoms in total. The molecule has 1 fully saturated rings. The number of ether oxygens (including phenoxy) is 1. The van der Waals surface area contributed by atoms with Crippen molar-refractivity contribution < 1.29 is 13.2 Å². The summed E-state index contributed by atoms with van der Waals surface area (Å²) in [5, 5.41) is 6.67. The third-order valence-electron chi connectivity index (χ3n) is 4.05. The van der Waals surface area contributed by atoms with Crippen LogP contribution in [-0.4, -0.2) is 83.3 Å². The van der Waals surface area contributed by atoms with Gasteiger partial charge in [0.1, 0.15) is 9.84 Å². The Morgan fingerprint density at radius 3 is 2.50 bits per heavy atom. The molecule has 0 amide bonds. The van der Waals surface area contributed by atoms with Gasteiger partial charge in [-0.05, 0) is 19.8 Å². The first kappa shape index (κ1) is 23.9. The van der Waals surface area contributed by atoms with E-state index in [9.17, 15) is 8.42 Å². The Bertz CT molecular complexity index is 485. The number of guanidine groups is 1. The zero-order valence-corrected chi connectivity index (χ0v) is 18.6. The van der Waals surface area contributed by atoms with E-state index in [4.69, 9.17) is 4.74 Å². The molecule has 1 saturated heterocycles. The summed E-state index contributed by atoms with van der Waals surface area (Å²) in [6, 6.07) is 0.942. The lowest BCUT2D eigenvalue weighted by atomic mass is 10.1. The van der Waals surface area contributed by atoms with Crippen molar-refractivity contribution in [3.63, 3.8) is 0 Å². The first-order chi connectivity index (χ1) is 10.7. The van der Waals surface area contributed by atoms with Crippen LogP contribution < -0.4 is 10.6 Å². The number of halogens is 1.